The Kier molecular flexibility index (Phi) is 4.70. The number of sulfonamides is 1. The average Bonchev–Trinajstić information content (AvgIpc) is 2.41. The highest BCUT2D eigenvalue weighted by molar-refractivity contribution is 7.89. The molecular weight excluding hydrogens is 272 g/mol. The van der Waals surface area contributed by atoms with E-state index >= 15 is 0 Å². The Morgan fingerprint density at radius 1 is 1.35 bits per heavy atom. The highest BCUT2D eigenvalue weighted by Crippen LogP contribution is 2.28. The van der Waals surface area contributed by atoms with Gasteiger partial charge in [0.2, 0.25) is 10.0 Å². The van der Waals surface area contributed by atoms with Gasteiger partial charge in [0.05, 0.1) is 4.90 Å². The molecular formula is C15H24N2O2S. The van der Waals surface area contributed by atoms with Crippen LogP contribution in [-0.2, 0) is 10.0 Å². The van der Waals surface area contributed by atoms with Gasteiger partial charge in [0.15, 0.2) is 0 Å². The van der Waals surface area contributed by atoms with E-state index in [-0.39, 0.29) is 6.04 Å². The highest BCUT2D eigenvalue weighted by atomic mass is 32.2. The number of nitrogens with one attached hydrogen (secondary N) is 1. The van der Waals surface area contributed by atoms with Gasteiger partial charge in [0, 0.05) is 11.7 Å². The zero-order valence-corrected chi connectivity index (χ0v) is 13.0. The summed E-state index contributed by atoms with van der Waals surface area (Å²) in [5, 5.41) is 0. The molecule has 3 N–H and O–H groups in total. The van der Waals surface area contributed by atoms with Crippen molar-refractivity contribution in [2.24, 2.45) is 5.92 Å². The first-order valence-corrected chi connectivity index (χ1v) is 8.79. The SMILES string of the molecule is CCC1CCCC(NS(=O)(=O)c2cccc(N)c2C)C1. The number of benzene rings is 1. The standard InChI is InChI=1S/C15H24N2O2S/c1-3-12-6-4-7-13(10-12)17-20(18,19)15-9-5-8-14(16)11(15)2/h5,8-9,12-13,17H,3-4,6-7,10,16H2,1-2H3. The van der Waals surface area contributed by atoms with Crippen LogP contribution in [0.1, 0.15) is 44.6 Å². The second kappa shape index (κ2) is 6.14. The van der Waals surface area contributed by atoms with Gasteiger partial charge in [0.1, 0.15) is 0 Å². The molecule has 112 valence electrons. The third-order valence-electron chi connectivity index (χ3n) is 4.30. The van der Waals surface area contributed by atoms with Crippen molar-refractivity contribution in [2.45, 2.75) is 56.9 Å². The number of anilines is 1. The molecule has 0 saturated heterocycles. The van der Waals surface area contributed by atoms with E-state index in [2.05, 4.69) is 11.6 Å². The maximum absolute atomic E-state index is 12.5. The van der Waals surface area contributed by atoms with Crippen molar-refractivity contribution in [2.75, 3.05) is 5.73 Å². The van der Waals surface area contributed by atoms with Crippen LogP contribution in [0.3, 0.4) is 0 Å². The molecule has 0 bridgehead atoms. The largest absolute Gasteiger partial charge is 0.398 e. The lowest BCUT2D eigenvalue weighted by Gasteiger charge is -2.29. The van der Waals surface area contributed by atoms with Crippen molar-refractivity contribution in [1.29, 1.82) is 0 Å². The number of hydrogen-bond acceptors (Lipinski definition) is 3. The van der Waals surface area contributed by atoms with Crippen molar-refractivity contribution in [3.05, 3.63) is 23.8 Å². The predicted molar refractivity (Wildman–Crippen MR) is 81.9 cm³/mol. The molecule has 0 aromatic heterocycles. The molecule has 4 nitrogen and oxygen atoms in total. The fraction of sp³-hybridized carbons (Fsp3) is 0.600. The van der Waals surface area contributed by atoms with Gasteiger partial charge < -0.3 is 5.73 Å². The summed E-state index contributed by atoms with van der Waals surface area (Å²) in [7, 11) is -3.47. The van der Waals surface area contributed by atoms with Gasteiger partial charge in [-0.3, -0.25) is 0 Å². The molecule has 20 heavy (non-hydrogen) atoms. The summed E-state index contributed by atoms with van der Waals surface area (Å²) in [4.78, 5) is 0.302. The molecule has 1 aliphatic carbocycles. The number of nitrogens with two attached hydrogens (primary N) is 1. The number of hydrogen-bond donors (Lipinski definition) is 2. The Bertz CT molecular complexity index is 569. The molecule has 1 fully saturated rings. The van der Waals surface area contributed by atoms with Crippen LogP contribution in [0.15, 0.2) is 23.1 Å². The van der Waals surface area contributed by atoms with E-state index < -0.39 is 10.0 Å². The molecule has 0 radical (unpaired) electrons. The quantitative estimate of drug-likeness (QED) is 0.839. The van der Waals surface area contributed by atoms with Crippen LogP contribution in [0.4, 0.5) is 5.69 Å². The summed E-state index contributed by atoms with van der Waals surface area (Å²) < 4.78 is 27.9. The molecule has 0 spiro atoms. The summed E-state index contributed by atoms with van der Waals surface area (Å²) >= 11 is 0. The van der Waals surface area contributed by atoms with Gasteiger partial charge in [-0.05, 0) is 43.4 Å². The molecule has 2 atom stereocenters. The Hall–Kier alpha value is -1.07. The van der Waals surface area contributed by atoms with Gasteiger partial charge in [-0.25, -0.2) is 13.1 Å². The van der Waals surface area contributed by atoms with Crippen LogP contribution in [0.5, 0.6) is 0 Å². The second-order valence-corrected chi connectivity index (χ2v) is 7.41. The Morgan fingerprint density at radius 3 is 2.80 bits per heavy atom. The zero-order chi connectivity index (χ0) is 14.8. The lowest BCUT2D eigenvalue weighted by molar-refractivity contribution is 0.301. The summed E-state index contributed by atoms with van der Waals surface area (Å²) in [5.74, 6) is 0.637. The molecule has 1 aromatic carbocycles. The van der Waals surface area contributed by atoms with E-state index in [1.165, 1.54) is 6.42 Å². The smallest absolute Gasteiger partial charge is 0.241 e. The molecule has 2 unspecified atom stereocenters. The van der Waals surface area contributed by atoms with Gasteiger partial charge >= 0.3 is 0 Å². The summed E-state index contributed by atoms with van der Waals surface area (Å²) in [6, 6.07) is 5.09. The fourth-order valence-electron chi connectivity index (χ4n) is 2.97. The maximum atomic E-state index is 12.5. The van der Waals surface area contributed by atoms with Crippen molar-refractivity contribution in [3.63, 3.8) is 0 Å². The first-order chi connectivity index (χ1) is 9.44. The average molecular weight is 296 g/mol. The lowest BCUT2D eigenvalue weighted by Crippen LogP contribution is -2.38. The molecule has 5 heteroatoms. The normalized spacial score (nSPS) is 23.7. The lowest BCUT2D eigenvalue weighted by atomic mass is 9.85. The minimum Gasteiger partial charge on any atom is -0.398 e. The van der Waals surface area contributed by atoms with E-state index in [4.69, 9.17) is 5.73 Å². The van der Waals surface area contributed by atoms with Crippen LogP contribution in [-0.4, -0.2) is 14.5 Å². The monoisotopic (exact) mass is 296 g/mol. The first-order valence-electron chi connectivity index (χ1n) is 7.31. The minimum absolute atomic E-state index is 0.0551. The van der Waals surface area contributed by atoms with Gasteiger partial charge in [0.25, 0.3) is 0 Å². The van der Waals surface area contributed by atoms with Crippen molar-refractivity contribution >= 4 is 15.7 Å². The van der Waals surface area contributed by atoms with Crippen molar-refractivity contribution < 1.29 is 8.42 Å². The molecule has 0 amide bonds. The first kappa shape index (κ1) is 15.3. The van der Waals surface area contributed by atoms with E-state index in [9.17, 15) is 8.42 Å². The Morgan fingerprint density at radius 2 is 2.10 bits per heavy atom. The Labute approximate surface area is 121 Å². The summed E-state index contributed by atoms with van der Waals surface area (Å²) in [6.45, 7) is 3.92. The second-order valence-electron chi connectivity index (χ2n) is 5.73. The Balaban J connectivity index is 2.17. The minimum atomic E-state index is -3.47. The topological polar surface area (TPSA) is 72.2 Å². The maximum Gasteiger partial charge on any atom is 0.241 e. The van der Waals surface area contributed by atoms with E-state index in [1.54, 1.807) is 25.1 Å². The van der Waals surface area contributed by atoms with E-state index in [0.29, 0.717) is 22.1 Å². The van der Waals surface area contributed by atoms with Crippen LogP contribution < -0.4 is 10.5 Å². The third-order valence-corrected chi connectivity index (χ3v) is 5.96. The summed E-state index contributed by atoms with van der Waals surface area (Å²) in [5.41, 5.74) is 6.95. The van der Waals surface area contributed by atoms with Crippen molar-refractivity contribution in [1.82, 2.24) is 4.72 Å². The zero-order valence-electron chi connectivity index (χ0n) is 12.2. The third kappa shape index (κ3) is 3.33. The number of nitrogen functional groups attached to an aromatic ring is 1. The molecule has 1 aromatic rings. The number of rotatable bonds is 4. The highest BCUT2D eigenvalue weighted by Gasteiger charge is 2.26. The molecule has 1 aliphatic rings. The van der Waals surface area contributed by atoms with Gasteiger partial charge in [-0.1, -0.05) is 32.3 Å². The molecule has 1 saturated carbocycles. The van der Waals surface area contributed by atoms with Crippen LogP contribution in [0, 0.1) is 12.8 Å². The van der Waals surface area contributed by atoms with E-state index in [1.807, 2.05) is 0 Å². The summed E-state index contributed by atoms with van der Waals surface area (Å²) in [6.07, 6.45) is 5.30. The van der Waals surface area contributed by atoms with Gasteiger partial charge in [-0.2, -0.15) is 0 Å². The fourth-order valence-corrected chi connectivity index (χ4v) is 4.53. The van der Waals surface area contributed by atoms with Crippen LogP contribution in [0.2, 0.25) is 0 Å². The molecule has 2 rings (SSSR count). The molecule has 0 aliphatic heterocycles. The van der Waals surface area contributed by atoms with Crippen LogP contribution >= 0.6 is 0 Å². The van der Waals surface area contributed by atoms with Crippen molar-refractivity contribution in [3.8, 4) is 0 Å². The molecule has 0 heterocycles. The van der Waals surface area contributed by atoms with E-state index in [0.717, 1.165) is 25.7 Å². The predicted octanol–water partition coefficient (Wildman–Crippen LogP) is 2.82. The van der Waals surface area contributed by atoms with Crippen LogP contribution in [0.25, 0.3) is 0 Å². The van der Waals surface area contributed by atoms with Gasteiger partial charge in [-0.15, -0.1) is 0 Å².